The van der Waals surface area contributed by atoms with E-state index >= 15 is 0 Å². The number of anilines is 1. The summed E-state index contributed by atoms with van der Waals surface area (Å²) in [6.45, 7) is 7.62. The Kier molecular flexibility index (Phi) is 3.81. The predicted octanol–water partition coefficient (Wildman–Crippen LogP) is 3.13. The molecule has 0 saturated heterocycles. The molecule has 6 heteroatoms. The summed E-state index contributed by atoms with van der Waals surface area (Å²) in [5.41, 5.74) is 7.76. The lowest BCUT2D eigenvalue weighted by atomic mass is 10.1. The lowest BCUT2D eigenvalue weighted by Gasteiger charge is -2.07. The zero-order chi connectivity index (χ0) is 17.4. The van der Waals surface area contributed by atoms with Gasteiger partial charge in [0.1, 0.15) is 17.0 Å². The Morgan fingerprint density at radius 1 is 1.33 bits per heavy atom. The number of carbonyl (C=O) groups is 1. The van der Waals surface area contributed by atoms with Crippen LogP contribution in [0.1, 0.15) is 29.8 Å². The lowest BCUT2D eigenvalue weighted by molar-refractivity contribution is 0.0527. The number of carbonyl (C=O) groups excluding carboxylic acids is 1. The molecule has 0 unspecified atom stereocenters. The van der Waals surface area contributed by atoms with Gasteiger partial charge in [-0.05, 0) is 37.6 Å². The number of allylic oxidation sites excluding steroid dienone is 1. The van der Waals surface area contributed by atoms with Crippen LogP contribution in [0.2, 0.25) is 0 Å². The standard InChI is InChI=1S/C18H16N2O4/c1-4-23-18(22)13-8-12-15(21)11-6-5-10(9(2)3)7-14(11)24-17(12)20-16(13)19/h5-8H,2,4H2,1,3H3,(H2,19,20). The molecule has 2 aromatic heterocycles. The van der Waals surface area contributed by atoms with E-state index in [4.69, 9.17) is 14.9 Å². The van der Waals surface area contributed by atoms with Gasteiger partial charge in [0.25, 0.3) is 0 Å². The summed E-state index contributed by atoms with van der Waals surface area (Å²) < 4.78 is 10.6. The Morgan fingerprint density at radius 3 is 2.75 bits per heavy atom. The third-order valence-electron chi connectivity index (χ3n) is 3.68. The minimum atomic E-state index is -0.624. The molecule has 0 saturated carbocycles. The average molecular weight is 324 g/mol. The highest BCUT2D eigenvalue weighted by molar-refractivity contribution is 5.99. The van der Waals surface area contributed by atoms with Crippen LogP contribution in [-0.2, 0) is 4.74 Å². The van der Waals surface area contributed by atoms with Crippen molar-refractivity contribution in [2.75, 3.05) is 12.3 Å². The SMILES string of the molecule is C=C(C)c1ccc2c(=O)c3cc(C(=O)OCC)c(N)nc3oc2c1. The number of ether oxygens (including phenoxy) is 1. The van der Waals surface area contributed by atoms with Crippen LogP contribution in [0.25, 0.3) is 27.6 Å². The van der Waals surface area contributed by atoms with Gasteiger partial charge < -0.3 is 14.9 Å². The molecule has 0 fully saturated rings. The van der Waals surface area contributed by atoms with Gasteiger partial charge in [-0.2, -0.15) is 4.98 Å². The van der Waals surface area contributed by atoms with Gasteiger partial charge in [0, 0.05) is 0 Å². The van der Waals surface area contributed by atoms with Crippen molar-refractivity contribution in [2.24, 2.45) is 0 Å². The molecular formula is C18H16N2O4. The Balaban J connectivity index is 2.31. The Hall–Kier alpha value is -3.15. The van der Waals surface area contributed by atoms with E-state index in [1.165, 1.54) is 6.07 Å². The molecule has 0 bridgehead atoms. The first kappa shape index (κ1) is 15.7. The largest absolute Gasteiger partial charge is 0.462 e. The van der Waals surface area contributed by atoms with Crippen molar-refractivity contribution in [1.29, 1.82) is 0 Å². The molecule has 0 radical (unpaired) electrons. The number of fused-ring (bicyclic) bond motifs is 2. The van der Waals surface area contributed by atoms with Crippen molar-refractivity contribution in [3.05, 3.63) is 52.2 Å². The number of esters is 1. The molecule has 3 aromatic rings. The molecular weight excluding hydrogens is 308 g/mol. The van der Waals surface area contributed by atoms with Crippen molar-refractivity contribution in [1.82, 2.24) is 4.98 Å². The molecule has 0 aliphatic heterocycles. The highest BCUT2D eigenvalue weighted by atomic mass is 16.5. The predicted molar refractivity (Wildman–Crippen MR) is 92.9 cm³/mol. The fraction of sp³-hybridized carbons (Fsp3) is 0.167. The smallest absolute Gasteiger partial charge is 0.341 e. The number of nitrogens with two attached hydrogens (primary N) is 1. The van der Waals surface area contributed by atoms with Crippen LogP contribution in [0.3, 0.4) is 0 Å². The van der Waals surface area contributed by atoms with E-state index in [1.807, 2.05) is 6.92 Å². The van der Waals surface area contributed by atoms with Crippen LogP contribution < -0.4 is 11.2 Å². The highest BCUT2D eigenvalue weighted by Crippen LogP contribution is 2.24. The van der Waals surface area contributed by atoms with Crippen molar-refractivity contribution >= 4 is 39.4 Å². The summed E-state index contributed by atoms with van der Waals surface area (Å²) in [4.78, 5) is 28.7. The Morgan fingerprint density at radius 2 is 2.08 bits per heavy atom. The van der Waals surface area contributed by atoms with Crippen LogP contribution in [0, 0.1) is 0 Å². The first-order chi connectivity index (χ1) is 11.4. The van der Waals surface area contributed by atoms with Crippen molar-refractivity contribution < 1.29 is 13.9 Å². The molecule has 2 heterocycles. The quantitative estimate of drug-likeness (QED) is 0.587. The number of aromatic nitrogens is 1. The normalized spacial score (nSPS) is 10.9. The number of pyridine rings is 1. The van der Waals surface area contributed by atoms with Crippen LogP contribution in [0.5, 0.6) is 0 Å². The van der Waals surface area contributed by atoms with Crippen molar-refractivity contribution in [2.45, 2.75) is 13.8 Å². The molecule has 24 heavy (non-hydrogen) atoms. The summed E-state index contributed by atoms with van der Waals surface area (Å²) in [7, 11) is 0. The second-order valence-electron chi connectivity index (χ2n) is 5.42. The molecule has 2 N–H and O–H groups in total. The van der Waals surface area contributed by atoms with Gasteiger partial charge >= 0.3 is 5.97 Å². The van der Waals surface area contributed by atoms with E-state index in [0.717, 1.165) is 11.1 Å². The maximum Gasteiger partial charge on any atom is 0.341 e. The van der Waals surface area contributed by atoms with E-state index < -0.39 is 5.97 Å². The van der Waals surface area contributed by atoms with Crippen molar-refractivity contribution in [3.8, 4) is 0 Å². The first-order valence-electron chi connectivity index (χ1n) is 7.42. The first-order valence-corrected chi connectivity index (χ1v) is 7.42. The monoisotopic (exact) mass is 324 g/mol. The van der Waals surface area contributed by atoms with Gasteiger partial charge in [0.2, 0.25) is 11.1 Å². The third-order valence-corrected chi connectivity index (χ3v) is 3.68. The second kappa shape index (κ2) is 5.81. The molecule has 6 nitrogen and oxygen atoms in total. The zero-order valence-electron chi connectivity index (χ0n) is 13.4. The second-order valence-corrected chi connectivity index (χ2v) is 5.42. The summed E-state index contributed by atoms with van der Waals surface area (Å²) in [5.74, 6) is -0.666. The van der Waals surface area contributed by atoms with Crippen LogP contribution in [0.4, 0.5) is 5.82 Å². The molecule has 122 valence electrons. The number of benzene rings is 1. The van der Waals surface area contributed by atoms with E-state index in [0.29, 0.717) is 11.0 Å². The Labute approximate surface area is 137 Å². The van der Waals surface area contributed by atoms with E-state index in [1.54, 1.807) is 25.1 Å². The van der Waals surface area contributed by atoms with Gasteiger partial charge in [0.05, 0.1) is 17.4 Å². The summed E-state index contributed by atoms with van der Waals surface area (Å²) in [6.07, 6.45) is 0. The summed E-state index contributed by atoms with van der Waals surface area (Å²) >= 11 is 0. The topological polar surface area (TPSA) is 95.4 Å². The number of hydrogen-bond donors (Lipinski definition) is 1. The van der Waals surface area contributed by atoms with Gasteiger partial charge in [-0.25, -0.2) is 4.79 Å². The number of nitrogen functional groups attached to an aromatic ring is 1. The lowest BCUT2D eigenvalue weighted by Crippen LogP contribution is -2.12. The minimum absolute atomic E-state index is 0.0421. The van der Waals surface area contributed by atoms with E-state index in [9.17, 15) is 9.59 Å². The fourth-order valence-electron chi connectivity index (χ4n) is 2.43. The van der Waals surface area contributed by atoms with E-state index in [-0.39, 0.29) is 34.5 Å². The van der Waals surface area contributed by atoms with Crippen molar-refractivity contribution in [3.63, 3.8) is 0 Å². The summed E-state index contributed by atoms with van der Waals surface area (Å²) in [6, 6.07) is 6.57. The number of nitrogens with zero attached hydrogens (tertiary/aromatic N) is 1. The summed E-state index contributed by atoms with van der Waals surface area (Å²) in [5, 5.41) is 0.580. The van der Waals surface area contributed by atoms with Crippen LogP contribution in [0.15, 0.2) is 40.1 Å². The van der Waals surface area contributed by atoms with Crippen LogP contribution >= 0.6 is 0 Å². The molecule has 0 spiro atoms. The zero-order valence-corrected chi connectivity index (χ0v) is 13.4. The van der Waals surface area contributed by atoms with Gasteiger partial charge in [-0.15, -0.1) is 0 Å². The maximum absolute atomic E-state index is 12.7. The fourth-order valence-corrected chi connectivity index (χ4v) is 2.43. The Bertz CT molecular complexity index is 1050. The molecule has 0 atom stereocenters. The van der Waals surface area contributed by atoms with E-state index in [2.05, 4.69) is 11.6 Å². The molecule has 1 aromatic carbocycles. The molecule has 0 aliphatic rings. The molecule has 0 aliphatic carbocycles. The third kappa shape index (κ3) is 2.52. The number of rotatable bonds is 3. The molecule has 3 rings (SSSR count). The average Bonchev–Trinajstić information content (AvgIpc) is 2.54. The molecule has 0 amide bonds. The van der Waals surface area contributed by atoms with Gasteiger partial charge in [-0.1, -0.05) is 18.2 Å². The highest BCUT2D eigenvalue weighted by Gasteiger charge is 2.17. The minimum Gasteiger partial charge on any atom is -0.462 e. The van der Waals surface area contributed by atoms with Gasteiger partial charge in [0.15, 0.2) is 0 Å². The van der Waals surface area contributed by atoms with Crippen LogP contribution in [-0.4, -0.2) is 17.6 Å². The maximum atomic E-state index is 12.7. The van der Waals surface area contributed by atoms with Gasteiger partial charge in [-0.3, -0.25) is 4.79 Å². The number of hydrogen-bond acceptors (Lipinski definition) is 6.